The molecule has 98 valence electrons. The van der Waals surface area contributed by atoms with Crippen LogP contribution in [0.25, 0.3) is 0 Å². The predicted molar refractivity (Wildman–Crippen MR) is 68.7 cm³/mol. The molecule has 1 saturated heterocycles. The molecule has 4 heteroatoms. The Balaban J connectivity index is 2.21. The van der Waals surface area contributed by atoms with Crippen LogP contribution < -0.4 is 4.74 Å². The maximum absolute atomic E-state index is 12.4. The van der Waals surface area contributed by atoms with E-state index in [9.17, 15) is 9.90 Å². The van der Waals surface area contributed by atoms with E-state index in [2.05, 4.69) is 0 Å². The number of methoxy groups -OCH3 is 1. The lowest BCUT2D eigenvalue weighted by molar-refractivity contribution is 0.0394. The minimum atomic E-state index is -0.503. The van der Waals surface area contributed by atoms with Crippen LogP contribution in [0.2, 0.25) is 0 Å². The number of benzene rings is 1. The molecule has 0 aromatic heterocycles. The fourth-order valence-electron chi connectivity index (χ4n) is 2.33. The van der Waals surface area contributed by atoms with Crippen LogP contribution in [-0.4, -0.2) is 41.2 Å². The molecule has 0 spiro atoms. The lowest BCUT2D eigenvalue weighted by Gasteiger charge is -2.33. The minimum Gasteiger partial charge on any atom is -0.497 e. The maximum Gasteiger partial charge on any atom is 0.254 e. The largest absolute Gasteiger partial charge is 0.497 e. The van der Waals surface area contributed by atoms with E-state index in [1.165, 1.54) is 0 Å². The predicted octanol–water partition coefficient (Wildman–Crippen LogP) is 1.68. The first-order chi connectivity index (χ1) is 8.46. The first kappa shape index (κ1) is 12.9. The van der Waals surface area contributed by atoms with E-state index in [0.29, 0.717) is 18.5 Å². The molecule has 0 radical (unpaired) electrons. The molecule has 1 N–H and O–H groups in total. The zero-order valence-corrected chi connectivity index (χ0v) is 11.0. The summed E-state index contributed by atoms with van der Waals surface area (Å²) in [6.45, 7) is 4.39. The lowest BCUT2D eigenvalue weighted by Crippen LogP contribution is -2.48. The molecule has 4 nitrogen and oxygen atoms in total. The fourth-order valence-corrected chi connectivity index (χ4v) is 2.33. The molecule has 1 aliphatic heterocycles. The quantitative estimate of drug-likeness (QED) is 0.867. The van der Waals surface area contributed by atoms with E-state index in [-0.39, 0.29) is 5.91 Å². The van der Waals surface area contributed by atoms with Crippen LogP contribution in [0, 0.1) is 0 Å². The van der Waals surface area contributed by atoms with Crippen LogP contribution in [0.15, 0.2) is 24.3 Å². The van der Waals surface area contributed by atoms with Crippen molar-refractivity contribution in [2.75, 3.05) is 13.7 Å². The van der Waals surface area contributed by atoms with E-state index < -0.39 is 11.6 Å². The van der Waals surface area contributed by atoms with Gasteiger partial charge in [0.05, 0.1) is 18.8 Å². The van der Waals surface area contributed by atoms with Gasteiger partial charge in [0.25, 0.3) is 5.91 Å². The molecule has 1 aromatic carbocycles. The molecular weight excluding hydrogens is 230 g/mol. The number of aliphatic hydroxyl groups is 1. The van der Waals surface area contributed by atoms with E-state index in [4.69, 9.17) is 4.74 Å². The third kappa shape index (κ3) is 2.08. The summed E-state index contributed by atoms with van der Waals surface area (Å²) in [5.41, 5.74) is 0.120. The van der Waals surface area contributed by atoms with Crippen molar-refractivity contribution in [2.24, 2.45) is 0 Å². The molecule has 1 heterocycles. The standard InChI is InChI=1S/C14H19NO3/c1-14(2)12(16)8-9-15(14)13(17)10-4-6-11(18-3)7-5-10/h4-7,12,16H,8-9H2,1-3H3. The maximum atomic E-state index is 12.4. The molecule has 1 fully saturated rings. The molecule has 1 atom stereocenters. The van der Waals surface area contributed by atoms with Gasteiger partial charge in [-0.15, -0.1) is 0 Å². The number of hydrogen-bond donors (Lipinski definition) is 1. The molecule has 18 heavy (non-hydrogen) atoms. The summed E-state index contributed by atoms with van der Waals surface area (Å²) in [4.78, 5) is 14.1. The van der Waals surface area contributed by atoms with Crippen molar-refractivity contribution in [3.63, 3.8) is 0 Å². The fraction of sp³-hybridized carbons (Fsp3) is 0.500. The molecule has 1 amide bonds. The van der Waals surface area contributed by atoms with Crippen molar-refractivity contribution < 1.29 is 14.6 Å². The average Bonchev–Trinajstić information content (AvgIpc) is 2.63. The van der Waals surface area contributed by atoms with Gasteiger partial charge in [-0.3, -0.25) is 4.79 Å². The van der Waals surface area contributed by atoms with Gasteiger partial charge in [-0.2, -0.15) is 0 Å². The van der Waals surface area contributed by atoms with Crippen molar-refractivity contribution in [3.05, 3.63) is 29.8 Å². The Hall–Kier alpha value is -1.55. The first-order valence-corrected chi connectivity index (χ1v) is 6.11. The smallest absolute Gasteiger partial charge is 0.254 e. The van der Waals surface area contributed by atoms with Crippen molar-refractivity contribution in [3.8, 4) is 5.75 Å². The number of aliphatic hydroxyl groups excluding tert-OH is 1. The molecule has 1 unspecified atom stereocenters. The third-order valence-electron chi connectivity index (χ3n) is 3.72. The van der Waals surface area contributed by atoms with Gasteiger partial charge in [-0.1, -0.05) is 0 Å². The number of ether oxygens (including phenoxy) is 1. The summed E-state index contributed by atoms with van der Waals surface area (Å²) in [7, 11) is 1.59. The summed E-state index contributed by atoms with van der Waals surface area (Å²) < 4.78 is 5.07. The SMILES string of the molecule is COc1ccc(C(=O)N2CCC(O)C2(C)C)cc1. The minimum absolute atomic E-state index is 0.0424. The number of likely N-dealkylation sites (tertiary alicyclic amines) is 1. The van der Waals surface area contributed by atoms with Crippen molar-refractivity contribution in [2.45, 2.75) is 31.9 Å². The summed E-state index contributed by atoms with van der Waals surface area (Å²) in [6, 6.07) is 7.05. The second kappa shape index (κ2) is 4.61. The van der Waals surface area contributed by atoms with Crippen LogP contribution in [-0.2, 0) is 0 Å². The Morgan fingerprint density at radius 1 is 1.39 bits per heavy atom. The number of rotatable bonds is 2. The van der Waals surface area contributed by atoms with E-state index in [1.54, 1.807) is 36.3 Å². The van der Waals surface area contributed by atoms with E-state index in [1.807, 2.05) is 13.8 Å². The van der Waals surface area contributed by atoms with Crippen molar-refractivity contribution in [1.29, 1.82) is 0 Å². The highest BCUT2D eigenvalue weighted by molar-refractivity contribution is 5.95. The molecule has 1 aliphatic rings. The van der Waals surface area contributed by atoms with Gasteiger partial charge in [0.15, 0.2) is 0 Å². The number of nitrogens with zero attached hydrogens (tertiary/aromatic N) is 1. The normalized spacial score (nSPS) is 22.0. The van der Waals surface area contributed by atoms with Crippen molar-refractivity contribution in [1.82, 2.24) is 4.90 Å². The Labute approximate surface area is 107 Å². The van der Waals surface area contributed by atoms with Crippen LogP contribution in [0.1, 0.15) is 30.6 Å². The van der Waals surface area contributed by atoms with Gasteiger partial charge in [-0.05, 0) is 44.5 Å². The Kier molecular flexibility index (Phi) is 3.30. The van der Waals surface area contributed by atoms with Gasteiger partial charge in [0.1, 0.15) is 5.75 Å². The van der Waals surface area contributed by atoms with Gasteiger partial charge in [0.2, 0.25) is 0 Å². The molecule has 2 rings (SSSR count). The van der Waals surface area contributed by atoms with Gasteiger partial charge < -0.3 is 14.7 Å². The van der Waals surface area contributed by atoms with Crippen LogP contribution >= 0.6 is 0 Å². The lowest BCUT2D eigenvalue weighted by atomic mass is 9.98. The Morgan fingerprint density at radius 3 is 2.44 bits per heavy atom. The molecular formula is C14H19NO3. The number of carbonyl (C=O) groups excluding carboxylic acids is 1. The molecule has 0 bridgehead atoms. The summed E-state index contributed by atoms with van der Waals surface area (Å²) in [5.74, 6) is 0.687. The highest BCUT2D eigenvalue weighted by atomic mass is 16.5. The Bertz CT molecular complexity index is 439. The molecule has 0 saturated carbocycles. The second-order valence-corrected chi connectivity index (χ2v) is 5.14. The number of hydrogen-bond acceptors (Lipinski definition) is 3. The van der Waals surface area contributed by atoms with Gasteiger partial charge in [-0.25, -0.2) is 0 Å². The second-order valence-electron chi connectivity index (χ2n) is 5.14. The number of carbonyl (C=O) groups is 1. The topological polar surface area (TPSA) is 49.8 Å². The monoisotopic (exact) mass is 249 g/mol. The van der Waals surface area contributed by atoms with Gasteiger partial charge >= 0.3 is 0 Å². The first-order valence-electron chi connectivity index (χ1n) is 6.11. The van der Waals surface area contributed by atoms with Crippen LogP contribution in [0.3, 0.4) is 0 Å². The summed E-state index contributed by atoms with van der Waals surface area (Å²) in [6.07, 6.45) is 0.175. The average molecular weight is 249 g/mol. The van der Waals surface area contributed by atoms with E-state index >= 15 is 0 Å². The molecule has 1 aromatic rings. The highest BCUT2D eigenvalue weighted by Gasteiger charge is 2.42. The van der Waals surface area contributed by atoms with Crippen molar-refractivity contribution >= 4 is 5.91 Å². The highest BCUT2D eigenvalue weighted by Crippen LogP contribution is 2.30. The van der Waals surface area contributed by atoms with E-state index in [0.717, 1.165) is 5.75 Å². The van der Waals surface area contributed by atoms with Crippen LogP contribution in [0.4, 0.5) is 0 Å². The molecule has 0 aliphatic carbocycles. The third-order valence-corrected chi connectivity index (χ3v) is 3.72. The zero-order valence-electron chi connectivity index (χ0n) is 11.0. The number of amides is 1. The summed E-state index contributed by atoms with van der Waals surface area (Å²) in [5, 5.41) is 9.89. The zero-order chi connectivity index (χ0) is 13.3. The van der Waals surface area contributed by atoms with Crippen LogP contribution in [0.5, 0.6) is 5.75 Å². The van der Waals surface area contributed by atoms with Gasteiger partial charge in [0, 0.05) is 12.1 Å². The Morgan fingerprint density at radius 2 is 2.00 bits per heavy atom. The summed E-state index contributed by atoms with van der Waals surface area (Å²) >= 11 is 0.